The average Bonchev–Trinajstić information content (AvgIpc) is 2.25. The smallest absolute Gasteiger partial charge is 0.269 e. The average molecular weight is 209 g/mol. The van der Waals surface area contributed by atoms with Crippen molar-refractivity contribution in [2.24, 2.45) is 5.10 Å². The van der Waals surface area contributed by atoms with Gasteiger partial charge in [0.2, 0.25) is 0 Å². The molecule has 0 aliphatic carbocycles. The summed E-state index contributed by atoms with van der Waals surface area (Å²) < 4.78 is 4.75. The first-order valence-corrected chi connectivity index (χ1v) is 4.25. The molecule has 0 atom stereocenters. The summed E-state index contributed by atoms with van der Waals surface area (Å²) in [5.74, 6) is 0. The number of hydrazone groups is 1. The van der Waals surface area contributed by atoms with Gasteiger partial charge in [-0.2, -0.15) is 5.10 Å². The molecule has 0 saturated heterocycles. The van der Waals surface area contributed by atoms with Crippen molar-refractivity contribution in [3.63, 3.8) is 0 Å². The number of nitrogens with zero attached hydrogens (tertiary/aromatic N) is 2. The van der Waals surface area contributed by atoms with Crippen LogP contribution in [-0.2, 0) is 4.74 Å². The number of anilines is 1. The second kappa shape index (κ2) is 5.71. The number of methoxy groups -OCH3 is 1. The molecule has 1 rings (SSSR count). The molecule has 0 unspecified atom stereocenters. The van der Waals surface area contributed by atoms with Crippen LogP contribution in [0.15, 0.2) is 29.4 Å². The van der Waals surface area contributed by atoms with Crippen LogP contribution in [0.25, 0.3) is 0 Å². The zero-order valence-corrected chi connectivity index (χ0v) is 8.21. The summed E-state index contributed by atoms with van der Waals surface area (Å²) in [6, 6.07) is 5.99. The molecule has 0 spiro atoms. The minimum atomic E-state index is -0.446. The number of nitro groups is 1. The Morgan fingerprint density at radius 3 is 2.73 bits per heavy atom. The molecule has 0 aliphatic heterocycles. The molecule has 1 aromatic rings. The number of benzene rings is 1. The molecule has 15 heavy (non-hydrogen) atoms. The van der Waals surface area contributed by atoms with Gasteiger partial charge in [-0.25, -0.2) is 0 Å². The van der Waals surface area contributed by atoms with Gasteiger partial charge in [0.15, 0.2) is 0 Å². The third-order valence-electron chi connectivity index (χ3n) is 1.60. The van der Waals surface area contributed by atoms with Crippen molar-refractivity contribution >= 4 is 17.6 Å². The van der Waals surface area contributed by atoms with Gasteiger partial charge >= 0.3 is 0 Å². The van der Waals surface area contributed by atoms with E-state index in [4.69, 9.17) is 4.74 Å². The zero-order valence-electron chi connectivity index (χ0n) is 8.21. The van der Waals surface area contributed by atoms with Crippen LogP contribution in [0.1, 0.15) is 0 Å². The van der Waals surface area contributed by atoms with E-state index in [1.54, 1.807) is 25.5 Å². The van der Waals surface area contributed by atoms with E-state index >= 15 is 0 Å². The number of nitrogens with one attached hydrogen (secondary N) is 1. The van der Waals surface area contributed by atoms with Crippen molar-refractivity contribution in [2.45, 2.75) is 0 Å². The van der Waals surface area contributed by atoms with Crippen LogP contribution in [0.4, 0.5) is 11.4 Å². The first-order chi connectivity index (χ1) is 7.24. The second-order valence-corrected chi connectivity index (χ2v) is 2.68. The van der Waals surface area contributed by atoms with Gasteiger partial charge in [-0.1, -0.05) is 0 Å². The fourth-order valence-electron chi connectivity index (χ4n) is 0.890. The van der Waals surface area contributed by atoms with E-state index in [1.165, 1.54) is 12.1 Å². The number of hydrogen-bond donors (Lipinski definition) is 1. The summed E-state index contributed by atoms with van der Waals surface area (Å²) in [5.41, 5.74) is 3.46. The van der Waals surface area contributed by atoms with Gasteiger partial charge < -0.3 is 4.74 Å². The van der Waals surface area contributed by atoms with Gasteiger partial charge in [0, 0.05) is 19.2 Å². The van der Waals surface area contributed by atoms with E-state index < -0.39 is 4.92 Å². The van der Waals surface area contributed by atoms with Crippen molar-refractivity contribution in [1.29, 1.82) is 0 Å². The number of ether oxygens (including phenoxy) is 1. The van der Waals surface area contributed by atoms with Crippen LogP contribution in [0, 0.1) is 10.1 Å². The number of nitro benzene ring substituents is 1. The topological polar surface area (TPSA) is 76.8 Å². The van der Waals surface area contributed by atoms with Crippen molar-refractivity contribution in [3.05, 3.63) is 34.4 Å². The minimum absolute atomic E-state index is 0.0569. The predicted octanol–water partition coefficient (Wildman–Crippen LogP) is 1.64. The lowest BCUT2D eigenvalue weighted by Gasteiger charge is -1.98. The lowest BCUT2D eigenvalue weighted by atomic mass is 10.3. The van der Waals surface area contributed by atoms with Crippen LogP contribution in [0.5, 0.6) is 0 Å². The summed E-state index contributed by atoms with van der Waals surface area (Å²) >= 11 is 0. The molecule has 6 nitrogen and oxygen atoms in total. The Hall–Kier alpha value is -1.95. The molecule has 1 aromatic carbocycles. The van der Waals surface area contributed by atoms with Crippen molar-refractivity contribution in [3.8, 4) is 0 Å². The molecule has 0 aromatic heterocycles. The lowest BCUT2D eigenvalue weighted by Crippen LogP contribution is -1.94. The number of non-ortho nitro benzene ring substituents is 1. The Balaban J connectivity index is 2.53. The molecule has 0 aliphatic rings. The minimum Gasteiger partial charge on any atom is -0.379 e. The zero-order chi connectivity index (χ0) is 11.1. The normalized spacial score (nSPS) is 10.5. The maximum atomic E-state index is 10.4. The highest BCUT2D eigenvalue weighted by Gasteiger charge is 2.02. The van der Waals surface area contributed by atoms with Gasteiger partial charge in [-0.3, -0.25) is 15.5 Å². The van der Waals surface area contributed by atoms with Crippen LogP contribution in [0.2, 0.25) is 0 Å². The molecule has 0 heterocycles. The maximum Gasteiger partial charge on any atom is 0.269 e. The van der Waals surface area contributed by atoms with Gasteiger partial charge in [0.05, 0.1) is 23.4 Å². The summed E-state index contributed by atoms with van der Waals surface area (Å²) in [7, 11) is 1.57. The summed E-state index contributed by atoms with van der Waals surface area (Å²) in [6.07, 6.45) is 1.56. The first kappa shape index (κ1) is 11.1. The maximum absolute atomic E-state index is 10.4. The monoisotopic (exact) mass is 209 g/mol. The molecular weight excluding hydrogens is 198 g/mol. The summed E-state index contributed by atoms with van der Waals surface area (Å²) in [5, 5.41) is 14.2. The highest BCUT2D eigenvalue weighted by Crippen LogP contribution is 2.14. The van der Waals surface area contributed by atoms with E-state index in [0.29, 0.717) is 12.3 Å². The highest BCUT2D eigenvalue weighted by molar-refractivity contribution is 5.60. The van der Waals surface area contributed by atoms with Gasteiger partial charge in [-0.05, 0) is 12.1 Å². The highest BCUT2D eigenvalue weighted by atomic mass is 16.6. The third-order valence-corrected chi connectivity index (χ3v) is 1.60. The first-order valence-electron chi connectivity index (χ1n) is 4.25. The number of hydrogen-bond acceptors (Lipinski definition) is 5. The molecule has 80 valence electrons. The Morgan fingerprint density at radius 1 is 1.53 bits per heavy atom. The summed E-state index contributed by atoms with van der Waals surface area (Å²) in [4.78, 5) is 9.90. The number of rotatable bonds is 5. The van der Waals surface area contributed by atoms with Gasteiger partial charge in [0.1, 0.15) is 0 Å². The molecular formula is C9H11N3O3. The van der Waals surface area contributed by atoms with Crippen molar-refractivity contribution in [2.75, 3.05) is 19.1 Å². The fourth-order valence-corrected chi connectivity index (χ4v) is 0.890. The SMILES string of the molecule is COC/C=N/Nc1ccc([N+](=O)[O-])cc1. The largest absolute Gasteiger partial charge is 0.379 e. The molecule has 1 N–H and O–H groups in total. The van der Waals surface area contributed by atoms with E-state index in [0.717, 1.165) is 0 Å². The van der Waals surface area contributed by atoms with Crippen LogP contribution in [-0.4, -0.2) is 24.9 Å². The van der Waals surface area contributed by atoms with E-state index in [2.05, 4.69) is 10.5 Å². The Bertz CT molecular complexity index is 348. The molecule has 6 heteroatoms. The fraction of sp³-hybridized carbons (Fsp3) is 0.222. The Labute approximate surface area is 86.7 Å². The standard InChI is InChI=1S/C9H11N3O3/c1-15-7-6-10-11-8-2-4-9(5-3-8)12(13)14/h2-6,11H,7H2,1H3/b10-6+. The van der Waals surface area contributed by atoms with E-state index in [9.17, 15) is 10.1 Å². The van der Waals surface area contributed by atoms with Gasteiger partial charge in [-0.15, -0.1) is 0 Å². The van der Waals surface area contributed by atoms with E-state index in [-0.39, 0.29) is 5.69 Å². The lowest BCUT2D eigenvalue weighted by molar-refractivity contribution is -0.384. The van der Waals surface area contributed by atoms with Crippen molar-refractivity contribution < 1.29 is 9.66 Å². The summed E-state index contributed by atoms with van der Waals surface area (Å²) in [6.45, 7) is 0.417. The van der Waals surface area contributed by atoms with Crippen LogP contribution in [0.3, 0.4) is 0 Å². The molecule has 0 radical (unpaired) electrons. The Kier molecular flexibility index (Phi) is 4.24. The van der Waals surface area contributed by atoms with Crippen molar-refractivity contribution in [1.82, 2.24) is 0 Å². The molecule has 0 amide bonds. The van der Waals surface area contributed by atoms with Crippen LogP contribution < -0.4 is 5.43 Å². The quantitative estimate of drug-likeness (QED) is 0.454. The van der Waals surface area contributed by atoms with Gasteiger partial charge in [0.25, 0.3) is 5.69 Å². The third kappa shape index (κ3) is 3.74. The van der Waals surface area contributed by atoms with Crippen LogP contribution >= 0.6 is 0 Å². The molecule has 0 bridgehead atoms. The predicted molar refractivity (Wildman–Crippen MR) is 57.1 cm³/mol. The Morgan fingerprint density at radius 2 is 2.20 bits per heavy atom. The molecule has 0 fully saturated rings. The molecule has 0 saturated carbocycles. The second-order valence-electron chi connectivity index (χ2n) is 2.68. The van der Waals surface area contributed by atoms with E-state index in [1.807, 2.05) is 0 Å².